The van der Waals surface area contributed by atoms with E-state index >= 15 is 0 Å². The molecular formula is C14H22N2O4S. The minimum absolute atomic E-state index is 0.191. The Morgan fingerprint density at radius 3 is 2.71 bits per heavy atom. The maximum Gasteiger partial charge on any atom is 0.237 e. The molecule has 0 aliphatic carbocycles. The predicted octanol–water partition coefficient (Wildman–Crippen LogP) is 1.46. The van der Waals surface area contributed by atoms with E-state index in [0.717, 1.165) is 12.8 Å². The van der Waals surface area contributed by atoms with Gasteiger partial charge < -0.3 is 9.42 Å². The summed E-state index contributed by atoms with van der Waals surface area (Å²) >= 11 is 0. The summed E-state index contributed by atoms with van der Waals surface area (Å²) in [5, 5.41) is 3.74. The van der Waals surface area contributed by atoms with Gasteiger partial charge in [0.05, 0.1) is 11.4 Å². The van der Waals surface area contributed by atoms with Crippen LogP contribution in [0.5, 0.6) is 0 Å². The van der Waals surface area contributed by atoms with Gasteiger partial charge in [0.2, 0.25) is 5.91 Å². The quantitative estimate of drug-likeness (QED) is 0.840. The molecule has 6 nitrogen and oxygen atoms in total. The van der Waals surface area contributed by atoms with Crippen molar-refractivity contribution in [2.45, 2.75) is 39.4 Å². The van der Waals surface area contributed by atoms with Crippen molar-refractivity contribution in [2.24, 2.45) is 5.92 Å². The molecule has 2 heterocycles. The lowest BCUT2D eigenvalue weighted by molar-refractivity contribution is -0.130. The van der Waals surface area contributed by atoms with E-state index in [1.54, 1.807) is 18.7 Å². The van der Waals surface area contributed by atoms with Crippen molar-refractivity contribution in [1.82, 2.24) is 10.1 Å². The van der Waals surface area contributed by atoms with Crippen LogP contribution in [0.3, 0.4) is 0 Å². The number of rotatable bonds is 4. The molecular weight excluding hydrogens is 292 g/mol. The van der Waals surface area contributed by atoms with Gasteiger partial charge in [-0.15, -0.1) is 0 Å². The number of likely N-dealkylation sites (tertiary alicyclic amines) is 1. The second-order valence-corrected chi connectivity index (χ2v) is 7.99. The molecule has 1 aromatic heterocycles. The third-order valence-electron chi connectivity index (χ3n) is 3.90. The first-order valence-electron chi connectivity index (χ1n) is 7.18. The lowest BCUT2D eigenvalue weighted by atomic mass is 10.0. The van der Waals surface area contributed by atoms with E-state index in [0.29, 0.717) is 36.0 Å². The summed E-state index contributed by atoms with van der Waals surface area (Å²) in [6.07, 6.45) is 2.03. The van der Waals surface area contributed by atoms with Crippen LogP contribution < -0.4 is 0 Å². The zero-order valence-corrected chi connectivity index (χ0v) is 13.6. The number of amides is 1. The second kappa shape index (κ2) is 6.17. The largest absolute Gasteiger partial charge is 0.361 e. The van der Waals surface area contributed by atoms with E-state index < -0.39 is 15.6 Å². The third kappa shape index (κ3) is 4.06. The molecule has 1 atom stereocenters. The number of carbonyl (C=O) groups excluding carboxylic acids is 1. The van der Waals surface area contributed by atoms with Gasteiger partial charge in [-0.1, -0.05) is 12.1 Å². The molecule has 1 unspecified atom stereocenters. The zero-order valence-electron chi connectivity index (χ0n) is 12.8. The summed E-state index contributed by atoms with van der Waals surface area (Å²) in [4.78, 5) is 13.8. The fraction of sp³-hybridized carbons (Fsp3) is 0.714. The van der Waals surface area contributed by atoms with Gasteiger partial charge in [-0.25, -0.2) is 8.42 Å². The first-order chi connectivity index (χ1) is 9.78. The summed E-state index contributed by atoms with van der Waals surface area (Å²) < 4.78 is 29.4. The number of carbonyl (C=O) groups is 1. The first-order valence-corrected chi connectivity index (χ1v) is 9.00. The van der Waals surface area contributed by atoms with Crippen LogP contribution in [-0.4, -0.2) is 43.2 Å². The highest BCUT2D eigenvalue weighted by Gasteiger charge is 2.27. The van der Waals surface area contributed by atoms with Gasteiger partial charge in [0, 0.05) is 18.7 Å². The number of piperidine rings is 1. The van der Waals surface area contributed by atoms with Gasteiger partial charge in [-0.2, -0.15) is 0 Å². The number of hydrogen-bond donors (Lipinski definition) is 0. The third-order valence-corrected chi connectivity index (χ3v) is 5.31. The maximum atomic E-state index is 12.2. The minimum atomic E-state index is -3.51. The molecule has 1 aliphatic rings. The Balaban J connectivity index is 2.02. The van der Waals surface area contributed by atoms with Gasteiger partial charge in [0.25, 0.3) is 0 Å². The van der Waals surface area contributed by atoms with E-state index in [9.17, 15) is 13.2 Å². The average Bonchev–Trinajstić information content (AvgIpc) is 2.69. The molecule has 1 aliphatic heterocycles. The van der Waals surface area contributed by atoms with Gasteiger partial charge in [0.1, 0.15) is 11.5 Å². The van der Waals surface area contributed by atoms with Crippen molar-refractivity contribution < 1.29 is 17.7 Å². The Morgan fingerprint density at radius 1 is 1.43 bits per heavy atom. The Morgan fingerprint density at radius 2 is 2.14 bits per heavy atom. The highest BCUT2D eigenvalue weighted by Crippen LogP contribution is 2.18. The van der Waals surface area contributed by atoms with E-state index in [-0.39, 0.29) is 11.7 Å². The Labute approximate surface area is 125 Å². The van der Waals surface area contributed by atoms with Crippen LogP contribution in [0.25, 0.3) is 0 Å². The smallest absolute Gasteiger partial charge is 0.237 e. The standard InChI is InChI=1S/C14H22N2O4S/c1-10-5-4-6-16(7-10)14(17)9-21(18,19)8-13-11(2)15-20-12(13)3/h10H,4-9H2,1-3H3. The molecule has 118 valence electrons. The number of sulfone groups is 1. The van der Waals surface area contributed by atoms with E-state index in [1.807, 2.05) is 0 Å². The highest BCUT2D eigenvalue weighted by atomic mass is 32.2. The second-order valence-electron chi connectivity index (χ2n) is 5.92. The van der Waals surface area contributed by atoms with Crippen molar-refractivity contribution in [2.75, 3.05) is 18.8 Å². The minimum Gasteiger partial charge on any atom is -0.361 e. The van der Waals surface area contributed by atoms with Crippen LogP contribution in [0.2, 0.25) is 0 Å². The average molecular weight is 314 g/mol. The molecule has 0 bridgehead atoms. The summed E-state index contributed by atoms with van der Waals surface area (Å²) in [6.45, 7) is 6.77. The van der Waals surface area contributed by atoms with E-state index in [2.05, 4.69) is 12.1 Å². The Hall–Kier alpha value is -1.37. The topological polar surface area (TPSA) is 80.5 Å². The lowest BCUT2D eigenvalue weighted by Gasteiger charge is -2.30. The maximum absolute atomic E-state index is 12.2. The monoisotopic (exact) mass is 314 g/mol. The van der Waals surface area contributed by atoms with Crippen molar-refractivity contribution in [3.8, 4) is 0 Å². The molecule has 1 saturated heterocycles. The summed E-state index contributed by atoms with van der Waals surface area (Å²) in [6, 6.07) is 0. The number of hydrogen-bond acceptors (Lipinski definition) is 5. The molecule has 0 aromatic carbocycles. The van der Waals surface area contributed by atoms with Crippen LogP contribution in [0.15, 0.2) is 4.52 Å². The SMILES string of the molecule is Cc1noc(C)c1CS(=O)(=O)CC(=O)N1CCCC(C)C1. The zero-order chi connectivity index (χ0) is 15.6. The van der Waals surface area contributed by atoms with Crippen LogP contribution in [0.1, 0.15) is 36.8 Å². The Kier molecular flexibility index (Phi) is 4.70. The van der Waals surface area contributed by atoms with Crippen LogP contribution in [-0.2, 0) is 20.4 Å². The van der Waals surface area contributed by atoms with Crippen molar-refractivity contribution in [3.63, 3.8) is 0 Å². The van der Waals surface area contributed by atoms with E-state index in [1.165, 1.54) is 0 Å². The van der Waals surface area contributed by atoms with Crippen LogP contribution in [0, 0.1) is 19.8 Å². The van der Waals surface area contributed by atoms with Gasteiger partial charge >= 0.3 is 0 Å². The summed E-state index contributed by atoms with van der Waals surface area (Å²) in [5.41, 5.74) is 1.13. The normalized spacial score (nSPS) is 19.8. The first kappa shape index (κ1) is 16.0. The van der Waals surface area contributed by atoms with Crippen molar-refractivity contribution >= 4 is 15.7 Å². The molecule has 0 saturated carbocycles. The molecule has 21 heavy (non-hydrogen) atoms. The number of aryl methyl sites for hydroxylation is 2. The number of aromatic nitrogens is 1. The number of nitrogens with zero attached hydrogens (tertiary/aromatic N) is 2. The van der Waals surface area contributed by atoms with E-state index in [4.69, 9.17) is 4.52 Å². The molecule has 1 amide bonds. The highest BCUT2D eigenvalue weighted by molar-refractivity contribution is 7.91. The fourth-order valence-corrected chi connectivity index (χ4v) is 4.19. The Bertz CT molecular complexity index is 601. The van der Waals surface area contributed by atoms with Gasteiger partial charge in [-0.3, -0.25) is 4.79 Å². The fourth-order valence-electron chi connectivity index (χ4n) is 2.67. The van der Waals surface area contributed by atoms with Crippen molar-refractivity contribution in [1.29, 1.82) is 0 Å². The molecule has 1 aromatic rings. The van der Waals surface area contributed by atoms with Crippen molar-refractivity contribution in [3.05, 3.63) is 17.0 Å². The van der Waals surface area contributed by atoms with Crippen LogP contribution in [0.4, 0.5) is 0 Å². The molecule has 1 fully saturated rings. The molecule has 2 rings (SSSR count). The molecule has 0 radical (unpaired) electrons. The lowest BCUT2D eigenvalue weighted by Crippen LogP contribution is -2.42. The summed E-state index contributed by atoms with van der Waals surface area (Å²) in [7, 11) is -3.51. The molecule has 0 N–H and O–H groups in total. The molecule has 7 heteroatoms. The summed E-state index contributed by atoms with van der Waals surface area (Å²) in [5.74, 6) is 0.00369. The van der Waals surface area contributed by atoms with Crippen LogP contribution >= 0.6 is 0 Å². The van der Waals surface area contributed by atoms with Gasteiger partial charge in [-0.05, 0) is 32.6 Å². The van der Waals surface area contributed by atoms with Gasteiger partial charge in [0.15, 0.2) is 9.84 Å². The predicted molar refractivity (Wildman–Crippen MR) is 78.4 cm³/mol. The molecule has 0 spiro atoms.